The molecule has 1 atom stereocenters. The molecule has 4 amide bonds. The molecule has 3 aromatic rings. The van der Waals surface area contributed by atoms with E-state index in [9.17, 15) is 19.2 Å². The van der Waals surface area contributed by atoms with Gasteiger partial charge in [0.1, 0.15) is 6.04 Å². The maximum atomic E-state index is 13.2. The minimum absolute atomic E-state index is 0.100. The summed E-state index contributed by atoms with van der Waals surface area (Å²) in [4.78, 5) is 56.0. The van der Waals surface area contributed by atoms with Crippen molar-refractivity contribution in [2.24, 2.45) is 5.92 Å². The molecule has 1 aromatic carbocycles. The van der Waals surface area contributed by atoms with Gasteiger partial charge < -0.3 is 10.6 Å². The first-order valence-electron chi connectivity index (χ1n) is 16.3. The summed E-state index contributed by atoms with van der Waals surface area (Å²) >= 11 is 0. The van der Waals surface area contributed by atoms with Crippen LogP contribution in [0, 0.1) is 5.92 Å². The number of piperidine rings is 2. The van der Waals surface area contributed by atoms with Gasteiger partial charge in [-0.15, -0.1) is 0 Å². The standard InChI is InChI=1S/C34H37N7O4/c42-29-8-7-28(32(43)38-29)41-33(44)25-6-5-22(16-26(25)34(41)45)37-17-19-14-23(15-19)40-18-27(30(39-40)21-3-4-21)31-24(2-1-11-36-31)20-9-12-35-13-10-20/h1-2,5-6,11,16,18-21,23,28,35,37H,3-4,7-10,12-15,17H2,(H,38,42,43). The Morgan fingerprint density at radius 1 is 0.889 bits per heavy atom. The third-order valence-corrected chi connectivity index (χ3v) is 10.2. The molecular formula is C34H37N7O4. The predicted octanol–water partition coefficient (Wildman–Crippen LogP) is 3.75. The third kappa shape index (κ3) is 5.12. The van der Waals surface area contributed by atoms with Crippen molar-refractivity contribution in [3.05, 3.63) is 65.1 Å². The Hall–Kier alpha value is -4.38. The van der Waals surface area contributed by atoms with Gasteiger partial charge in [-0.3, -0.25) is 39.1 Å². The fourth-order valence-corrected chi connectivity index (χ4v) is 7.46. The van der Waals surface area contributed by atoms with Crippen LogP contribution in [0.1, 0.15) is 101 Å². The maximum absolute atomic E-state index is 13.2. The number of pyridine rings is 1. The lowest BCUT2D eigenvalue weighted by Crippen LogP contribution is -2.54. The molecule has 1 unspecified atom stereocenters. The van der Waals surface area contributed by atoms with Crippen molar-refractivity contribution in [3.8, 4) is 11.3 Å². The van der Waals surface area contributed by atoms with Gasteiger partial charge in [0.05, 0.1) is 28.6 Å². The van der Waals surface area contributed by atoms with E-state index in [0.29, 0.717) is 23.8 Å². The van der Waals surface area contributed by atoms with E-state index in [1.807, 2.05) is 12.3 Å². The third-order valence-electron chi connectivity index (χ3n) is 10.2. The molecule has 11 nitrogen and oxygen atoms in total. The molecule has 2 aromatic heterocycles. The zero-order valence-electron chi connectivity index (χ0n) is 25.1. The van der Waals surface area contributed by atoms with Crippen LogP contribution in [-0.4, -0.2) is 69.0 Å². The number of fused-ring (bicyclic) bond motifs is 1. The van der Waals surface area contributed by atoms with Crippen molar-refractivity contribution in [1.82, 2.24) is 30.3 Å². The smallest absolute Gasteiger partial charge is 0.262 e. The van der Waals surface area contributed by atoms with E-state index in [-0.39, 0.29) is 29.9 Å². The van der Waals surface area contributed by atoms with Gasteiger partial charge in [-0.25, -0.2) is 0 Å². The quantitative estimate of drug-likeness (QED) is 0.329. The molecule has 2 aliphatic carbocycles. The lowest BCUT2D eigenvalue weighted by atomic mass is 9.80. The van der Waals surface area contributed by atoms with Crippen LogP contribution in [0.3, 0.4) is 0 Å². The summed E-state index contributed by atoms with van der Waals surface area (Å²) in [5.74, 6) is -0.458. The summed E-state index contributed by atoms with van der Waals surface area (Å²) in [5.41, 5.74) is 6.21. The van der Waals surface area contributed by atoms with E-state index in [1.54, 1.807) is 12.1 Å². The van der Waals surface area contributed by atoms with Gasteiger partial charge in [0.15, 0.2) is 0 Å². The van der Waals surface area contributed by atoms with E-state index in [2.05, 4.69) is 39.0 Å². The number of benzene rings is 1. The number of amides is 4. The highest BCUT2D eigenvalue weighted by atomic mass is 16.2. The summed E-state index contributed by atoms with van der Waals surface area (Å²) in [6.45, 7) is 2.84. The second-order valence-corrected chi connectivity index (χ2v) is 13.2. The zero-order chi connectivity index (χ0) is 30.7. The molecule has 3 aliphatic heterocycles. The van der Waals surface area contributed by atoms with Crippen molar-refractivity contribution in [1.29, 1.82) is 0 Å². The molecule has 5 aliphatic rings. The summed E-state index contributed by atoms with van der Waals surface area (Å²) in [6.07, 6.45) is 11.1. The van der Waals surface area contributed by atoms with Gasteiger partial charge in [-0.05, 0) is 99.7 Å². The van der Waals surface area contributed by atoms with Crippen LogP contribution in [0.25, 0.3) is 11.3 Å². The lowest BCUT2D eigenvalue weighted by Gasteiger charge is -2.35. The van der Waals surface area contributed by atoms with Crippen LogP contribution in [-0.2, 0) is 9.59 Å². The Kier molecular flexibility index (Phi) is 7.00. The summed E-state index contributed by atoms with van der Waals surface area (Å²) < 4.78 is 2.18. The Labute approximate surface area is 261 Å². The lowest BCUT2D eigenvalue weighted by molar-refractivity contribution is -0.136. The first-order chi connectivity index (χ1) is 21.9. The van der Waals surface area contributed by atoms with E-state index >= 15 is 0 Å². The molecule has 0 spiro atoms. The van der Waals surface area contributed by atoms with Crippen LogP contribution in [0.5, 0.6) is 0 Å². The van der Waals surface area contributed by atoms with Crippen molar-refractivity contribution < 1.29 is 19.2 Å². The highest BCUT2D eigenvalue weighted by molar-refractivity contribution is 6.23. The Morgan fingerprint density at radius 2 is 1.69 bits per heavy atom. The normalized spacial score (nSPS) is 25.2. The average Bonchev–Trinajstić information content (AvgIpc) is 3.74. The first kappa shape index (κ1) is 28.1. The number of anilines is 1. The summed E-state index contributed by atoms with van der Waals surface area (Å²) in [6, 6.07) is 8.86. The van der Waals surface area contributed by atoms with E-state index in [0.717, 1.165) is 61.6 Å². The molecule has 8 rings (SSSR count). The first-order valence-corrected chi connectivity index (χ1v) is 16.3. The van der Waals surface area contributed by atoms with E-state index < -0.39 is 23.8 Å². The van der Waals surface area contributed by atoms with Crippen molar-refractivity contribution >= 4 is 29.3 Å². The molecule has 4 fully saturated rings. The number of hydrogen-bond donors (Lipinski definition) is 3. The Balaban J connectivity index is 0.924. The number of nitrogens with one attached hydrogen (secondary N) is 3. The van der Waals surface area contributed by atoms with Crippen molar-refractivity contribution in [3.63, 3.8) is 0 Å². The number of carbonyl (C=O) groups excluding carboxylic acids is 4. The SMILES string of the molecule is O=C1CCC(N2C(=O)c3ccc(NCC4CC(n5cc(-c6ncccc6C6CCNCC6)c(C6CC6)n5)C4)cc3C2=O)C(=O)N1. The average molecular weight is 608 g/mol. The zero-order valence-corrected chi connectivity index (χ0v) is 25.1. The number of nitrogens with zero attached hydrogens (tertiary/aromatic N) is 4. The predicted molar refractivity (Wildman–Crippen MR) is 166 cm³/mol. The molecule has 3 N–H and O–H groups in total. The minimum atomic E-state index is -0.963. The summed E-state index contributed by atoms with van der Waals surface area (Å²) in [7, 11) is 0. The topological polar surface area (TPSA) is 138 Å². The molecule has 2 saturated carbocycles. The van der Waals surface area contributed by atoms with Crippen LogP contribution in [0.4, 0.5) is 5.69 Å². The number of imide groups is 2. The Bertz CT molecular complexity index is 1700. The molecule has 0 bridgehead atoms. The van der Waals surface area contributed by atoms with Crippen LogP contribution in [0.15, 0.2) is 42.7 Å². The van der Waals surface area contributed by atoms with E-state index in [1.165, 1.54) is 29.7 Å². The molecule has 11 heteroatoms. The second kappa shape index (κ2) is 11.2. The van der Waals surface area contributed by atoms with Crippen molar-refractivity contribution in [2.75, 3.05) is 25.0 Å². The molecular weight excluding hydrogens is 570 g/mol. The number of hydrogen-bond acceptors (Lipinski definition) is 8. The molecule has 2 saturated heterocycles. The van der Waals surface area contributed by atoms with Crippen molar-refractivity contribution in [2.45, 2.75) is 75.3 Å². The number of carbonyl (C=O) groups is 4. The largest absolute Gasteiger partial charge is 0.385 e. The second-order valence-electron chi connectivity index (χ2n) is 13.2. The Morgan fingerprint density at radius 3 is 2.47 bits per heavy atom. The highest BCUT2D eigenvalue weighted by Gasteiger charge is 2.45. The van der Waals surface area contributed by atoms with E-state index in [4.69, 9.17) is 10.1 Å². The van der Waals surface area contributed by atoms with Gasteiger partial charge in [0.2, 0.25) is 11.8 Å². The fraction of sp³-hybridized carbons (Fsp3) is 0.471. The molecule has 45 heavy (non-hydrogen) atoms. The molecule has 232 valence electrons. The van der Waals surface area contributed by atoms with Gasteiger partial charge >= 0.3 is 0 Å². The van der Waals surface area contributed by atoms with Crippen LogP contribution in [0.2, 0.25) is 0 Å². The maximum Gasteiger partial charge on any atom is 0.262 e. The molecule has 0 radical (unpaired) electrons. The number of rotatable bonds is 8. The molecule has 5 heterocycles. The summed E-state index contributed by atoms with van der Waals surface area (Å²) in [5, 5.41) is 14.3. The fourth-order valence-electron chi connectivity index (χ4n) is 7.46. The van der Waals surface area contributed by atoms with Gasteiger partial charge in [0, 0.05) is 42.5 Å². The number of aromatic nitrogens is 3. The highest BCUT2D eigenvalue weighted by Crippen LogP contribution is 2.47. The van der Waals surface area contributed by atoms with Crippen LogP contribution < -0.4 is 16.0 Å². The van der Waals surface area contributed by atoms with Gasteiger partial charge in [-0.1, -0.05) is 6.07 Å². The van der Waals surface area contributed by atoms with Crippen LogP contribution >= 0.6 is 0 Å². The minimum Gasteiger partial charge on any atom is -0.385 e. The van der Waals surface area contributed by atoms with Gasteiger partial charge in [-0.2, -0.15) is 5.10 Å². The van der Waals surface area contributed by atoms with Gasteiger partial charge in [0.25, 0.3) is 11.8 Å². The monoisotopic (exact) mass is 607 g/mol.